The Morgan fingerprint density at radius 1 is 1.19 bits per heavy atom. The number of rotatable bonds is 6. The first-order chi connectivity index (χ1) is 13.2. The Morgan fingerprint density at radius 3 is 2.81 bits per heavy atom. The Bertz CT molecular complexity index is 1070. The number of aromatic nitrogens is 4. The van der Waals surface area contributed by atoms with Crippen molar-refractivity contribution in [1.82, 2.24) is 19.7 Å². The Morgan fingerprint density at radius 2 is 2.04 bits per heavy atom. The molecule has 1 N–H and O–H groups in total. The van der Waals surface area contributed by atoms with E-state index in [-0.39, 0.29) is 11.6 Å². The number of hydrogen-bond acceptors (Lipinski definition) is 5. The van der Waals surface area contributed by atoms with Gasteiger partial charge >= 0.3 is 0 Å². The maximum atomic E-state index is 12.5. The summed E-state index contributed by atoms with van der Waals surface area (Å²) in [5, 5.41) is 6.69. The molecule has 0 saturated heterocycles. The normalized spacial score (nSPS) is 11.0. The van der Waals surface area contributed by atoms with Gasteiger partial charge in [0.15, 0.2) is 5.69 Å². The number of hydrogen-bond donors (Lipinski definition) is 1. The predicted octanol–water partition coefficient (Wildman–Crippen LogP) is 3.48. The second-order valence-corrected chi connectivity index (χ2v) is 6.13. The van der Waals surface area contributed by atoms with Crippen molar-refractivity contribution in [1.29, 1.82) is 0 Å². The number of pyridine rings is 1. The summed E-state index contributed by atoms with van der Waals surface area (Å²) in [5.74, 6) is 0.815. The van der Waals surface area contributed by atoms with E-state index in [9.17, 15) is 4.79 Å². The van der Waals surface area contributed by atoms with E-state index in [1.807, 2.05) is 54.0 Å². The Balaban J connectivity index is 1.62. The van der Waals surface area contributed by atoms with E-state index in [2.05, 4.69) is 20.4 Å². The molecule has 0 radical (unpaired) electrons. The molecule has 7 nitrogen and oxygen atoms in total. The average Bonchev–Trinajstić information content (AvgIpc) is 3.32. The molecule has 4 rings (SSSR count). The average molecular weight is 361 g/mol. The van der Waals surface area contributed by atoms with Gasteiger partial charge in [0.05, 0.1) is 11.0 Å². The topological polar surface area (TPSA) is 85.8 Å². The van der Waals surface area contributed by atoms with Crippen LogP contribution in [0.4, 0.5) is 5.95 Å². The SMILES string of the molecule is CCc1cc(C(=O)Nc2nc3ccccc3n2CCc2ccccn2)no1. The van der Waals surface area contributed by atoms with Crippen LogP contribution in [-0.4, -0.2) is 25.6 Å². The van der Waals surface area contributed by atoms with Crippen LogP contribution >= 0.6 is 0 Å². The highest BCUT2D eigenvalue weighted by Gasteiger charge is 2.17. The Hall–Kier alpha value is -3.48. The fourth-order valence-electron chi connectivity index (χ4n) is 2.92. The molecule has 0 unspecified atom stereocenters. The highest BCUT2D eigenvalue weighted by atomic mass is 16.5. The third kappa shape index (κ3) is 3.57. The lowest BCUT2D eigenvalue weighted by molar-refractivity contribution is 0.101. The van der Waals surface area contributed by atoms with Crippen LogP contribution in [0.2, 0.25) is 0 Å². The number of carbonyl (C=O) groups excluding carboxylic acids is 1. The zero-order chi connectivity index (χ0) is 18.6. The summed E-state index contributed by atoms with van der Waals surface area (Å²) in [6.07, 6.45) is 3.19. The summed E-state index contributed by atoms with van der Waals surface area (Å²) < 4.78 is 7.11. The van der Waals surface area contributed by atoms with Crippen molar-refractivity contribution < 1.29 is 9.32 Å². The standard InChI is InChI=1S/C20H19N5O2/c1-2-15-13-17(24-27-15)19(26)23-20-22-16-8-3-4-9-18(16)25(20)12-10-14-7-5-6-11-21-14/h3-9,11,13H,2,10,12H2,1H3,(H,22,23,26). The van der Waals surface area contributed by atoms with Crippen LogP contribution in [0.1, 0.15) is 28.9 Å². The molecule has 4 aromatic rings. The van der Waals surface area contributed by atoms with E-state index in [0.29, 0.717) is 24.7 Å². The van der Waals surface area contributed by atoms with Crippen molar-refractivity contribution in [2.45, 2.75) is 26.3 Å². The highest BCUT2D eigenvalue weighted by molar-refractivity contribution is 6.02. The molecular weight excluding hydrogens is 342 g/mol. The lowest BCUT2D eigenvalue weighted by atomic mass is 10.2. The number of aryl methyl sites for hydroxylation is 3. The molecule has 0 aliphatic heterocycles. The zero-order valence-corrected chi connectivity index (χ0v) is 14.9. The molecule has 1 amide bonds. The molecule has 0 bridgehead atoms. The van der Waals surface area contributed by atoms with Crippen LogP contribution in [0.5, 0.6) is 0 Å². The van der Waals surface area contributed by atoms with Gasteiger partial charge < -0.3 is 9.09 Å². The number of carbonyl (C=O) groups is 1. The van der Waals surface area contributed by atoms with Crippen molar-refractivity contribution >= 4 is 22.9 Å². The van der Waals surface area contributed by atoms with E-state index >= 15 is 0 Å². The van der Waals surface area contributed by atoms with Gasteiger partial charge in [-0.05, 0) is 24.3 Å². The van der Waals surface area contributed by atoms with Crippen molar-refractivity contribution in [3.63, 3.8) is 0 Å². The highest BCUT2D eigenvalue weighted by Crippen LogP contribution is 2.21. The minimum Gasteiger partial charge on any atom is -0.361 e. The molecule has 0 saturated carbocycles. The van der Waals surface area contributed by atoms with Crippen LogP contribution < -0.4 is 5.32 Å². The number of fused-ring (bicyclic) bond motifs is 1. The number of benzene rings is 1. The minimum atomic E-state index is -0.340. The monoisotopic (exact) mass is 361 g/mol. The molecule has 0 aliphatic rings. The van der Waals surface area contributed by atoms with E-state index in [1.165, 1.54) is 0 Å². The first-order valence-electron chi connectivity index (χ1n) is 8.86. The van der Waals surface area contributed by atoms with Gasteiger partial charge in [-0.25, -0.2) is 4.98 Å². The fraction of sp³-hybridized carbons (Fsp3) is 0.200. The van der Waals surface area contributed by atoms with Crippen LogP contribution in [-0.2, 0) is 19.4 Å². The van der Waals surface area contributed by atoms with Crippen LogP contribution in [0.15, 0.2) is 59.3 Å². The summed E-state index contributed by atoms with van der Waals surface area (Å²) >= 11 is 0. The summed E-state index contributed by atoms with van der Waals surface area (Å²) in [7, 11) is 0. The lowest BCUT2D eigenvalue weighted by Crippen LogP contribution is -2.17. The second-order valence-electron chi connectivity index (χ2n) is 6.13. The number of nitrogens with zero attached hydrogens (tertiary/aromatic N) is 4. The maximum Gasteiger partial charge on any atom is 0.280 e. The molecule has 3 aromatic heterocycles. The van der Waals surface area contributed by atoms with Gasteiger partial charge in [0.2, 0.25) is 5.95 Å². The molecular formula is C20H19N5O2. The third-order valence-corrected chi connectivity index (χ3v) is 4.34. The maximum absolute atomic E-state index is 12.5. The number of para-hydroxylation sites is 2. The van der Waals surface area contributed by atoms with Gasteiger partial charge in [0.25, 0.3) is 5.91 Å². The lowest BCUT2D eigenvalue weighted by Gasteiger charge is -2.09. The molecule has 0 aliphatic carbocycles. The number of imidazole rings is 1. The summed E-state index contributed by atoms with van der Waals surface area (Å²) in [6, 6.07) is 15.3. The van der Waals surface area contributed by atoms with Gasteiger partial charge in [-0.3, -0.25) is 15.1 Å². The first-order valence-corrected chi connectivity index (χ1v) is 8.86. The molecule has 27 heavy (non-hydrogen) atoms. The van der Waals surface area contributed by atoms with Crippen molar-refractivity contribution in [2.24, 2.45) is 0 Å². The number of nitrogens with one attached hydrogen (secondary N) is 1. The van der Waals surface area contributed by atoms with E-state index in [0.717, 1.165) is 23.1 Å². The van der Waals surface area contributed by atoms with Crippen LogP contribution in [0.25, 0.3) is 11.0 Å². The largest absolute Gasteiger partial charge is 0.361 e. The van der Waals surface area contributed by atoms with Crippen molar-refractivity contribution in [2.75, 3.05) is 5.32 Å². The van der Waals surface area contributed by atoms with Crippen LogP contribution in [0.3, 0.4) is 0 Å². The molecule has 0 atom stereocenters. The Labute approximate surface area is 156 Å². The molecule has 0 fully saturated rings. The van der Waals surface area contributed by atoms with Gasteiger partial charge in [-0.1, -0.05) is 30.3 Å². The van der Waals surface area contributed by atoms with Crippen molar-refractivity contribution in [3.8, 4) is 0 Å². The van der Waals surface area contributed by atoms with E-state index in [1.54, 1.807) is 12.3 Å². The summed E-state index contributed by atoms with van der Waals surface area (Å²) in [5.41, 5.74) is 3.01. The number of anilines is 1. The zero-order valence-electron chi connectivity index (χ0n) is 14.9. The first kappa shape index (κ1) is 17.0. The second kappa shape index (κ2) is 7.41. The molecule has 0 spiro atoms. The molecule has 3 heterocycles. The predicted molar refractivity (Wildman–Crippen MR) is 102 cm³/mol. The van der Waals surface area contributed by atoms with Gasteiger partial charge in [0.1, 0.15) is 5.76 Å². The van der Waals surface area contributed by atoms with E-state index in [4.69, 9.17) is 4.52 Å². The van der Waals surface area contributed by atoms with Gasteiger partial charge in [-0.15, -0.1) is 0 Å². The molecule has 7 heteroatoms. The molecule has 136 valence electrons. The van der Waals surface area contributed by atoms with Gasteiger partial charge in [0, 0.05) is 37.3 Å². The summed E-state index contributed by atoms with van der Waals surface area (Å²) in [6.45, 7) is 2.59. The van der Waals surface area contributed by atoms with Crippen molar-refractivity contribution in [3.05, 3.63) is 71.9 Å². The van der Waals surface area contributed by atoms with Gasteiger partial charge in [-0.2, -0.15) is 0 Å². The quantitative estimate of drug-likeness (QED) is 0.568. The van der Waals surface area contributed by atoms with E-state index < -0.39 is 0 Å². The molecule has 1 aromatic carbocycles. The third-order valence-electron chi connectivity index (χ3n) is 4.34. The number of amides is 1. The fourth-order valence-corrected chi connectivity index (χ4v) is 2.92. The van der Waals surface area contributed by atoms with Crippen LogP contribution in [0, 0.1) is 0 Å². The minimum absolute atomic E-state index is 0.246. The Kier molecular flexibility index (Phi) is 4.65. The smallest absolute Gasteiger partial charge is 0.280 e. The summed E-state index contributed by atoms with van der Waals surface area (Å²) in [4.78, 5) is 21.5.